The maximum Gasteiger partial charge on any atom is 0.347 e. The molecule has 0 radical (unpaired) electrons. The molecule has 0 aliphatic carbocycles. The summed E-state index contributed by atoms with van der Waals surface area (Å²) in [6.07, 6.45) is 0.482. The van der Waals surface area contributed by atoms with E-state index in [1.54, 1.807) is 20.8 Å². The summed E-state index contributed by atoms with van der Waals surface area (Å²) < 4.78 is 1.42. The van der Waals surface area contributed by atoms with Crippen molar-refractivity contribution >= 4 is 11.9 Å². The number of nitrogens with zero attached hydrogens (tertiary/aromatic N) is 2. The Balaban J connectivity index is 3.13. The SMILES string of the molecule is CNC(=O)CCn1c(C)c(CC(C)C(=O)O)c(C)nc1=O. The zero-order valence-corrected chi connectivity index (χ0v) is 12.8. The summed E-state index contributed by atoms with van der Waals surface area (Å²) in [5.74, 6) is -1.62. The summed E-state index contributed by atoms with van der Waals surface area (Å²) in [5.41, 5.74) is 1.55. The Morgan fingerprint density at radius 2 is 2.00 bits per heavy atom. The summed E-state index contributed by atoms with van der Waals surface area (Å²) in [5, 5.41) is 11.5. The van der Waals surface area contributed by atoms with Crippen LogP contribution in [0.1, 0.15) is 30.3 Å². The first-order valence-electron chi connectivity index (χ1n) is 6.78. The van der Waals surface area contributed by atoms with Crippen molar-refractivity contribution in [1.29, 1.82) is 0 Å². The van der Waals surface area contributed by atoms with Gasteiger partial charge in [-0.25, -0.2) is 4.79 Å². The van der Waals surface area contributed by atoms with E-state index < -0.39 is 17.6 Å². The number of carbonyl (C=O) groups excluding carboxylic acids is 1. The molecule has 1 rings (SSSR count). The molecule has 1 aromatic heterocycles. The van der Waals surface area contributed by atoms with Crippen molar-refractivity contribution in [2.75, 3.05) is 7.05 Å². The van der Waals surface area contributed by atoms with Gasteiger partial charge in [-0.1, -0.05) is 6.92 Å². The predicted molar refractivity (Wildman–Crippen MR) is 77.2 cm³/mol. The number of aryl methyl sites for hydroxylation is 1. The summed E-state index contributed by atoms with van der Waals surface area (Å²) >= 11 is 0. The van der Waals surface area contributed by atoms with Gasteiger partial charge in [-0.15, -0.1) is 0 Å². The number of amides is 1. The molecule has 116 valence electrons. The Morgan fingerprint density at radius 3 is 2.52 bits per heavy atom. The van der Waals surface area contributed by atoms with E-state index in [0.29, 0.717) is 17.8 Å². The molecule has 1 amide bonds. The fourth-order valence-electron chi connectivity index (χ4n) is 2.13. The highest BCUT2D eigenvalue weighted by molar-refractivity contribution is 5.75. The Kier molecular flexibility index (Phi) is 5.63. The summed E-state index contributed by atoms with van der Waals surface area (Å²) in [6, 6.07) is 0. The van der Waals surface area contributed by atoms with E-state index in [9.17, 15) is 14.4 Å². The largest absolute Gasteiger partial charge is 0.481 e. The van der Waals surface area contributed by atoms with Crippen LogP contribution in [0.4, 0.5) is 0 Å². The topological polar surface area (TPSA) is 101 Å². The number of nitrogens with one attached hydrogen (secondary N) is 1. The van der Waals surface area contributed by atoms with Crippen molar-refractivity contribution in [3.05, 3.63) is 27.4 Å². The van der Waals surface area contributed by atoms with Crippen molar-refractivity contribution < 1.29 is 14.7 Å². The second-order valence-electron chi connectivity index (χ2n) is 5.06. The highest BCUT2D eigenvalue weighted by Crippen LogP contribution is 2.15. The van der Waals surface area contributed by atoms with Gasteiger partial charge in [0.15, 0.2) is 0 Å². The molecule has 1 heterocycles. The fraction of sp³-hybridized carbons (Fsp3) is 0.571. The smallest absolute Gasteiger partial charge is 0.347 e. The van der Waals surface area contributed by atoms with Crippen LogP contribution in [-0.2, 0) is 22.6 Å². The lowest BCUT2D eigenvalue weighted by atomic mass is 9.99. The molecular weight excluding hydrogens is 274 g/mol. The Hall–Kier alpha value is -2.18. The maximum absolute atomic E-state index is 11.9. The lowest BCUT2D eigenvalue weighted by Crippen LogP contribution is -2.31. The number of carboxylic acids is 1. The quantitative estimate of drug-likeness (QED) is 0.784. The Morgan fingerprint density at radius 1 is 1.38 bits per heavy atom. The molecule has 2 N–H and O–H groups in total. The van der Waals surface area contributed by atoms with Crippen LogP contribution in [0.2, 0.25) is 0 Å². The van der Waals surface area contributed by atoms with Gasteiger partial charge in [-0.2, -0.15) is 4.98 Å². The average Bonchev–Trinajstić information content (AvgIpc) is 2.42. The van der Waals surface area contributed by atoms with Crippen LogP contribution in [0.15, 0.2) is 4.79 Å². The predicted octanol–water partition coefficient (Wildman–Crippen LogP) is 0.259. The first-order valence-corrected chi connectivity index (χ1v) is 6.78. The standard InChI is InChI=1S/C14H21N3O4/c1-8(13(19)20)7-11-9(2)16-14(21)17(10(11)3)6-5-12(18)15-4/h8H,5-7H2,1-4H3,(H,15,18)(H,19,20). The lowest BCUT2D eigenvalue weighted by Gasteiger charge is -2.16. The first-order chi connectivity index (χ1) is 9.77. The fourth-order valence-corrected chi connectivity index (χ4v) is 2.13. The Bertz CT molecular complexity index is 607. The van der Waals surface area contributed by atoms with Gasteiger partial charge >= 0.3 is 11.7 Å². The van der Waals surface area contributed by atoms with Gasteiger partial charge in [0.2, 0.25) is 5.91 Å². The summed E-state index contributed by atoms with van der Waals surface area (Å²) in [7, 11) is 1.53. The number of aromatic nitrogens is 2. The molecule has 0 fully saturated rings. The highest BCUT2D eigenvalue weighted by Gasteiger charge is 2.18. The molecule has 0 saturated heterocycles. The highest BCUT2D eigenvalue weighted by atomic mass is 16.4. The molecule has 1 unspecified atom stereocenters. The molecule has 0 bridgehead atoms. The third-order valence-electron chi connectivity index (χ3n) is 3.55. The minimum Gasteiger partial charge on any atom is -0.481 e. The van der Waals surface area contributed by atoms with E-state index in [0.717, 1.165) is 5.56 Å². The van der Waals surface area contributed by atoms with E-state index >= 15 is 0 Å². The number of carboxylic acid groups (broad SMARTS) is 1. The van der Waals surface area contributed by atoms with Crippen molar-refractivity contribution in [2.24, 2.45) is 5.92 Å². The van der Waals surface area contributed by atoms with Gasteiger partial charge in [0, 0.05) is 31.4 Å². The summed E-state index contributed by atoms with van der Waals surface area (Å²) in [4.78, 5) is 38.2. The van der Waals surface area contributed by atoms with Gasteiger partial charge in [0.25, 0.3) is 0 Å². The van der Waals surface area contributed by atoms with E-state index in [1.165, 1.54) is 11.6 Å². The first kappa shape index (κ1) is 16.9. The number of aliphatic carboxylic acids is 1. The number of hydrogen-bond donors (Lipinski definition) is 2. The minimum absolute atomic E-state index is 0.165. The molecule has 0 spiro atoms. The molecule has 7 nitrogen and oxygen atoms in total. The van der Waals surface area contributed by atoms with Crippen molar-refractivity contribution in [2.45, 2.75) is 40.2 Å². The third kappa shape index (κ3) is 4.14. The average molecular weight is 295 g/mol. The molecule has 0 aliphatic rings. The second-order valence-corrected chi connectivity index (χ2v) is 5.06. The maximum atomic E-state index is 11.9. The normalized spacial score (nSPS) is 12.0. The molecule has 0 aliphatic heterocycles. The monoisotopic (exact) mass is 295 g/mol. The Labute approximate surface area is 123 Å². The van der Waals surface area contributed by atoms with Crippen LogP contribution in [-0.4, -0.2) is 33.6 Å². The third-order valence-corrected chi connectivity index (χ3v) is 3.55. The van der Waals surface area contributed by atoms with E-state index in [-0.39, 0.29) is 18.9 Å². The van der Waals surface area contributed by atoms with Crippen LogP contribution in [0, 0.1) is 19.8 Å². The van der Waals surface area contributed by atoms with Gasteiger partial charge in [-0.3, -0.25) is 14.2 Å². The van der Waals surface area contributed by atoms with Crippen LogP contribution >= 0.6 is 0 Å². The molecule has 0 aromatic carbocycles. The lowest BCUT2D eigenvalue weighted by molar-refractivity contribution is -0.141. The molecule has 0 saturated carbocycles. The zero-order chi connectivity index (χ0) is 16.2. The zero-order valence-electron chi connectivity index (χ0n) is 12.8. The molecule has 1 atom stereocenters. The molecule has 21 heavy (non-hydrogen) atoms. The van der Waals surface area contributed by atoms with Crippen molar-refractivity contribution in [3.8, 4) is 0 Å². The van der Waals surface area contributed by atoms with Crippen LogP contribution < -0.4 is 11.0 Å². The van der Waals surface area contributed by atoms with Crippen LogP contribution in [0.25, 0.3) is 0 Å². The van der Waals surface area contributed by atoms with Crippen LogP contribution in [0.3, 0.4) is 0 Å². The van der Waals surface area contributed by atoms with Gasteiger partial charge < -0.3 is 10.4 Å². The number of rotatable bonds is 6. The van der Waals surface area contributed by atoms with Crippen LogP contribution in [0.5, 0.6) is 0 Å². The molecule has 1 aromatic rings. The molecule has 7 heteroatoms. The molecular formula is C14H21N3O4. The van der Waals surface area contributed by atoms with E-state index in [1.807, 2.05) is 0 Å². The number of hydrogen-bond acceptors (Lipinski definition) is 4. The van der Waals surface area contributed by atoms with Crippen molar-refractivity contribution in [3.63, 3.8) is 0 Å². The number of carbonyl (C=O) groups is 2. The summed E-state index contributed by atoms with van der Waals surface area (Å²) in [6.45, 7) is 5.29. The van der Waals surface area contributed by atoms with Gasteiger partial charge in [0.1, 0.15) is 0 Å². The second kappa shape index (κ2) is 7.01. The van der Waals surface area contributed by atoms with E-state index in [4.69, 9.17) is 5.11 Å². The minimum atomic E-state index is -0.892. The van der Waals surface area contributed by atoms with E-state index in [2.05, 4.69) is 10.3 Å². The van der Waals surface area contributed by atoms with Gasteiger partial charge in [-0.05, 0) is 25.8 Å². The van der Waals surface area contributed by atoms with Crippen molar-refractivity contribution in [1.82, 2.24) is 14.9 Å². The van der Waals surface area contributed by atoms with Gasteiger partial charge in [0.05, 0.1) is 5.92 Å².